The monoisotopic (exact) mass is 446 g/mol. The topological polar surface area (TPSA) is 64.7 Å². The van der Waals surface area contributed by atoms with Crippen molar-refractivity contribution < 1.29 is 9.59 Å². The maximum atomic E-state index is 12.9. The molecule has 6 nitrogen and oxygen atoms in total. The molecule has 3 aliphatic rings. The molecule has 2 unspecified atom stereocenters. The first-order chi connectivity index (χ1) is 14.9. The molecule has 170 valence electrons. The zero-order valence-electron chi connectivity index (χ0n) is 18.8. The number of amides is 2. The highest BCUT2D eigenvalue weighted by atomic mass is 35.5. The molecule has 2 N–H and O–H groups in total. The molecule has 2 heterocycles. The number of benzene rings is 1. The molecule has 0 spiro atoms. The summed E-state index contributed by atoms with van der Waals surface area (Å²) in [5.41, 5.74) is 2.99. The van der Waals surface area contributed by atoms with Gasteiger partial charge in [-0.25, -0.2) is 0 Å². The number of hydrogen-bond donors (Lipinski definition) is 2. The van der Waals surface area contributed by atoms with Crippen molar-refractivity contribution in [3.8, 4) is 0 Å². The van der Waals surface area contributed by atoms with Crippen LogP contribution in [-0.4, -0.2) is 59.9 Å². The molecule has 1 aromatic rings. The van der Waals surface area contributed by atoms with Gasteiger partial charge in [0.05, 0.1) is 6.04 Å². The second-order valence-corrected chi connectivity index (χ2v) is 9.91. The van der Waals surface area contributed by atoms with E-state index in [0.717, 1.165) is 75.2 Å². The van der Waals surface area contributed by atoms with Crippen LogP contribution >= 0.6 is 11.6 Å². The molecule has 1 saturated carbocycles. The van der Waals surface area contributed by atoms with Gasteiger partial charge in [-0.15, -0.1) is 0 Å². The van der Waals surface area contributed by atoms with Gasteiger partial charge >= 0.3 is 0 Å². The third-order valence-corrected chi connectivity index (χ3v) is 7.43. The smallest absolute Gasteiger partial charge is 0.241 e. The number of carbonyl (C=O) groups is 2. The zero-order chi connectivity index (χ0) is 22.0. The summed E-state index contributed by atoms with van der Waals surface area (Å²) in [5.74, 6) is 0.611. The van der Waals surface area contributed by atoms with Crippen molar-refractivity contribution in [1.29, 1.82) is 0 Å². The SMILES string of the molecule is Cc1c(CN2CCN(C(=O)C3CCCC3)C(C)C2)cc(Cl)cc1NC(=O)C1CCCN1. The van der Waals surface area contributed by atoms with Crippen LogP contribution < -0.4 is 10.6 Å². The first-order valence-corrected chi connectivity index (χ1v) is 12.2. The molecule has 2 atom stereocenters. The van der Waals surface area contributed by atoms with Gasteiger partial charge in [0.15, 0.2) is 0 Å². The van der Waals surface area contributed by atoms with E-state index in [-0.39, 0.29) is 23.9 Å². The van der Waals surface area contributed by atoms with Crippen molar-refractivity contribution in [2.45, 2.75) is 71.0 Å². The molecule has 0 radical (unpaired) electrons. The Hall–Kier alpha value is -1.63. The lowest BCUT2D eigenvalue weighted by Crippen LogP contribution is -2.54. The van der Waals surface area contributed by atoms with Crippen LogP contribution in [0.2, 0.25) is 5.02 Å². The van der Waals surface area contributed by atoms with Crippen LogP contribution in [0.5, 0.6) is 0 Å². The van der Waals surface area contributed by atoms with Crippen molar-refractivity contribution >= 4 is 29.1 Å². The lowest BCUT2D eigenvalue weighted by Gasteiger charge is -2.41. The van der Waals surface area contributed by atoms with Crippen LogP contribution in [0.4, 0.5) is 5.69 Å². The van der Waals surface area contributed by atoms with Crippen molar-refractivity contribution in [2.24, 2.45) is 5.92 Å². The quantitative estimate of drug-likeness (QED) is 0.725. The number of nitrogens with one attached hydrogen (secondary N) is 2. The summed E-state index contributed by atoms with van der Waals surface area (Å²) in [4.78, 5) is 29.9. The summed E-state index contributed by atoms with van der Waals surface area (Å²) in [5, 5.41) is 6.96. The Kier molecular flexibility index (Phi) is 7.19. The second kappa shape index (κ2) is 9.88. The fourth-order valence-electron chi connectivity index (χ4n) is 5.31. The zero-order valence-corrected chi connectivity index (χ0v) is 19.5. The fourth-order valence-corrected chi connectivity index (χ4v) is 5.55. The van der Waals surface area contributed by atoms with E-state index in [1.807, 2.05) is 19.1 Å². The van der Waals surface area contributed by atoms with Crippen molar-refractivity contribution in [1.82, 2.24) is 15.1 Å². The summed E-state index contributed by atoms with van der Waals surface area (Å²) >= 11 is 6.41. The molecule has 2 amide bonds. The van der Waals surface area contributed by atoms with Gasteiger partial charge in [-0.05, 0) is 69.3 Å². The minimum atomic E-state index is -0.117. The number of piperazine rings is 1. The maximum Gasteiger partial charge on any atom is 0.241 e. The lowest BCUT2D eigenvalue weighted by molar-refractivity contribution is -0.140. The van der Waals surface area contributed by atoms with Gasteiger partial charge < -0.3 is 15.5 Å². The largest absolute Gasteiger partial charge is 0.337 e. The van der Waals surface area contributed by atoms with Crippen molar-refractivity contribution in [2.75, 3.05) is 31.5 Å². The van der Waals surface area contributed by atoms with Crippen LogP contribution in [0.1, 0.15) is 56.6 Å². The molecule has 4 rings (SSSR count). The highest BCUT2D eigenvalue weighted by Crippen LogP contribution is 2.30. The van der Waals surface area contributed by atoms with Crippen LogP contribution in [0.3, 0.4) is 0 Å². The predicted molar refractivity (Wildman–Crippen MR) is 124 cm³/mol. The van der Waals surface area contributed by atoms with Gasteiger partial charge in [0, 0.05) is 48.8 Å². The average Bonchev–Trinajstić information content (AvgIpc) is 3.45. The third-order valence-electron chi connectivity index (χ3n) is 7.21. The molecule has 2 aliphatic heterocycles. The molecule has 2 saturated heterocycles. The standard InChI is InChI=1S/C24H35ClN4O2/c1-16-14-28(10-11-29(16)24(31)18-6-3-4-7-18)15-19-12-20(25)13-22(17(19)2)27-23(30)21-8-5-9-26-21/h12-13,16,18,21,26H,3-11,14-15H2,1-2H3,(H,27,30). The highest BCUT2D eigenvalue weighted by Gasteiger charge is 2.33. The third kappa shape index (κ3) is 5.24. The highest BCUT2D eigenvalue weighted by molar-refractivity contribution is 6.31. The Morgan fingerprint density at radius 1 is 1.16 bits per heavy atom. The number of halogens is 1. The number of carbonyl (C=O) groups excluding carboxylic acids is 2. The van der Waals surface area contributed by atoms with E-state index in [1.165, 1.54) is 12.8 Å². The van der Waals surface area contributed by atoms with E-state index in [0.29, 0.717) is 10.9 Å². The minimum absolute atomic E-state index is 0.0153. The van der Waals surface area contributed by atoms with Gasteiger partial charge in [0.25, 0.3) is 0 Å². The fraction of sp³-hybridized carbons (Fsp3) is 0.667. The number of nitrogens with zero attached hydrogens (tertiary/aromatic N) is 2. The Bertz CT molecular complexity index is 818. The van der Waals surface area contributed by atoms with E-state index < -0.39 is 0 Å². The van der Waals surface area contributed by atoms with Gasteiger partial charge in [-0.2, -0.15) is 0 Å². The van der Waals surface area contributed by atoms with Crippen molar-refractivity contribution in [3.63, 3.8) is 0 Å². The van der Waals surface area contributed by atoms with Gasteiger partial charge in [-0.3, -0.25) is 14.5 Å². The van der Waals surface area contributed by atoms with E-state index in [1.54, 1.807) is 0 Å². The minimum Gasteiger partial charge on any atom is -0.337 e. The van der Waals surface area contributed by atoms with Crippen LogP contribution in [0.25, 0.3) is 0 Å². The Morgan fingerprint density at radius 2 is 1.94 bits per heavy atom. The molecule has 31 heavy (non-hydrogen) atoms. The lowest BCUT2D eigenvalue weighted by atomic mass is 10.0. The average molecular weight is 447 g/mol. The Morgan fingerprint density at radius 3 is 2.61 bits per heavy atom. The number of rotatable bonds is 5. The maximum absolute atomic E-state index is 12.9. The molecule has 0 bridgehead atoms. The summed E-state index contributed by atoms with van der Waals surface area (Å²) < 4.78 is 0. The van der Waals surface area contributed by atoms with Gasteiger partial charge in [0.1, 0.15) is 0 Å². The van der Waals surface area contributed by atoms with Crippen LogP contribution in [0.15, 0.2) is 12.1 Å². The summed E-state index contributed by atoms with van der Waals surface area (Å²) in [6.45, 7) is 8.38. The number of hydrogen-bond acceptors (Lipinski definition) is 4. The Balaban J connectivity index is 1.39. The molecular weight excluding hydrogens is 412 g/mol. The normalized spacial score (nSPS) is 25.2. The summed E-state index contributed by atoms with van der Waals surface area (Å²) in [7, 11) is 0. The van der Waals surface area contributed by atoms with E-state index in [2.05, 4.69) is 27.4 Å². The molecule has 1 aromatic carbocycles. The number of anilines is 1. The molecule has 0 aromatic heterocycles. The molecule has 3 fully saturated rings. The van der Waals surface area contributed by atoms with E-state index >= 15 is 0 Å². The molecule has 7 heteroatoms. The van der Waals surface area contributed by atoms with E-state index in [9.17, 15) is 9.59 Å². The first-order valence-electron chi connectivity index (χ1n) is 11.8. The molecule has 1 aliphatic carbocycles. The van der Waals surface area contributed by atoms with Gasteiger partial charge in [0.2, 0.25) is 11.8 Å². The molecular formula is C24H35ClN4O2. The summed E-state index contributed by atoms with van der Waals surface area (Å²) in [6.07, 6.45) is 6.39. The van der Waals surface area contributed by atoms with Crippen LogP contribution in [-0.2, 0) is 16.1 Å². The second-order valence-electron chi connectivity index (χ2n) is 9.47. The first kappa shape index (κ1) is 22.6. The van der Waals surface area contributed by atoms with E-state index in [4.69, 9.17) is 11.6 Å². The summed E-state index contributed by atoms with van der Waals surface area (Å²) in [6, 6.07) is 3.94. The Labute approximate surface area is 190 Å². The predicted octanol–water partition coefficient (Wildman–Crippen LogP) is 3.56. The van der Waals surface area contributed by atoms with Crippen molar-refractivity contribution in [3.05, 3.63) is 28.3 Å². The van der Waals surface area contributed by atoms with Crippen LogP contribution in [0, 0.1) is 12.8 Å². The van der Waals surface area contributed by atoms with Gasteiger partial charge in [-0.1, -0.05) is 24.4 Å².